The fraction of sp³-hybridized carbons (Fsp3) is 0.364. The lowest BCUT2D eigenvalue weighted by Crippen LogP contribution is -2.03. The van der Waals surface area contributed by atoms with E-state index in [-0.39, 0.29) is 17.1 Å². The summed E-state index contributed by atoms with van der Waals surface area (Å²) in [5.74, 6) is -0.201. The first-order valence-corrected chi connectivity index (χ1v) is 5.01. The molecule has 88 valence electrons. The zero-order valence-corrected chi connectivity index (χ0v) is 9.59. The van der Waals surface area contributed by atoms with E-state index in [0.717, 1.165) is 0 Å². The van der Waals surface area contributed by atoms with Crippen molar-refractivity contribution in [2.24, 2.45) is 0 Å². The van der Waals surface area contributed by atoms with Gasteiger partial charge in [0, 0.05) is 0 Å². The van der Waals surface area contributed by atoms with Crippen molar-refractivity contribution in [3.63, 3.8) is 0 Å². The first kappa shape index (κ1) is 12.9. The van der Waals surface area contributed by atoms with Gasteiger partial charge < -0.3 is 4.74 Å². The van der Waals surface area contributed by atoms with Gasteiger partial charge in [0.15, 0.2) is 5.78 Å². The van der Waals surface area contributed by atoms with Crippen LogP contribution in [0, 0.1) is 0 Å². The topological polar surface area (TPSA) is 26.3 Å². The molecule has 0 saturated carbocycles. The molecule has 16 heavy (non-hydrogen) atoms. The lowest BCUT2D eigenvalue weighted by atomic mass is 10.1. The van der Waals surface area contributed by atoms with Crippen LogP contribution in [0.1, 0.15) is 29.9 Å². The molecule has 1 rings (SSSR count). The molecule has 0 N–H and O–H groups in total. The van der Waals surface area contributed by atoms with Crippen LogP contribution in [0.5, 0.6) is 5.75 Å². The van der Waals surface area contributed by atoms with Crippen LogP contribution < -0.4 is 4.74 Å². The minimum atomic E-state index is -2.62. The average Bonchev–Trinajstić information content (AvgIpc) is 2.26. The fourth-order valence-corrected chi connectivity index (χ4v) is 1.44. The maximum atomic E-state index is 12.5. The van der Waals surface area contributed by atoms with Gasteiger partial charge >= 0.3 is 0 Å². The Morgan fingerprint density at radius 2 is 2.06 bits per heavy atom. The molecule has 0 saturated heterocycles. The molecule has 0 amide bonds. The van der Waals surface area contributed by atoms with E-state index in [1.165, 1.54) is 32.2 Å². The summed E-state index contributed by atoms with van der Waals surface area (Å²) in [6, 6.07) is 3.99. The smallest absolute Gasteiger partial charge is 0.267 e. The van der Waals surface area contributed by atoms with Crippen LogP contribution in [-0.4, -0.2) is 12.9 Å². The highest BCUT2D eigenvalue weighted by molar-refractivity contribution is 6.30. The molecular formula is C11H11ClF2O2. The molecule has 1 unspecified atom stereocenters. The molecular weight excluding hydrogens is 238 g/mol. The second kappa shape index (κ2) is 5.25. The number of carbonyl (C=O) groups excluding carboxylic acids is 1. The zero-order valence-electron chi connectivity index (χ0n) is 8.84. The minimum Gasteiger partial charge on any atom is -0.496 e. The van der Waals surface area contributed by atoms with E-state index in [1.807, 2.05) is 0 Å². The normalized spacial score (nSPS) is 12.6. The number of carbonyl (C=O) groups is 1. The molecule has 1 atom stereocenters. The Morgan fingerprint density at radius 1 is 1.44 bits per heavy atom. The van der Waals surface area contributed by atoms with Crippen LogP contribution in [0.25, 0.3) is 0 Å². The van der Waals surface area contributed by atoms with Crippen molar-refractivity contribution in [3.05, 3.63) is 29.3 Å². The van der Waals surface area contributed by atoms with E-state index in [4.69, 9.17) is 16.3 Å². The van der Waals surface area contributed by atoms with Gasteiger partial charge in [-0.05, 0) is 24.6 Å². The molecule has 0 heterocycles. The number of ketones is 1. The second-order valence-corrected chi connectivity index (χ2v) is 3.71. The van der Waals surface area contributed by atoms with E-state index in [0.29, 0.717) is 5.56 Å². The maximum Gasteiger partial charge on any atom is 0.267 e. The number of halogens is 3. The highest BCUT2D eigenvalue weighted by Gasteiger charge is 2.18. The number of alkyl halides is 3. The van der Waals surface area contributed by atoms with Gasteiger partial charge in [0.1, 0.15) is 11.1 Å². The number of hydrogen-bond acceptors (Lipinski definition) is 2. The van der Waals surface area contributed by atoms with Crippen molar-refractivity contribution in [1.82, 2.24) is 0 Å². The summed E-state index contributed by atoms with van der Waals surface area (Å²) in [5.41, 5.74) is 0.245. The third-order valence-corrected chi connectivity index (χ3v) is 2.70. The summed E-state index contributed by atoms with van der Waals surface area (Å²) in [6.45, 7) is 1.34. The third-order valence-electron chi connectivity index (χ3n) is 2.14. The highest BCUT2D eigenvalue weighted by atomic mass is 35.5. The molecule has 1 aromatic rings. The van der Waals surface area contributed by atoms with E-state index in [9.17, 15) is 13.6 Å². The SMILES string of the molecule is COc1cc(C(Cl)C(C)=O)ccc1C(F)F. The number of methoxy groups -OCH3 is 1. The van der Waals surface area contributed by atoms with E-state index < -0.39 is 11.8 Å². The molecule has 0 aliphatic heterocycles. The van der Waals surface area contributed by atoms with Gasteiger partial charge in [-0.1, -0.05) is 6.07 Å². The van der Waals surface area contributed by atoms with Gasteiger partial charge in [-0.2, -0.15) is 0 Å². The van der Waals surface area contributed by atoms with Crippen molar-refractivity contribution < 1.29 is 18.3 Å². The number of rotatable bonds is 4. The quantitative estimate of drug-likeness (QED) is 0.763. The lowest BCUT2D eigenvalue weighted by molar-refractivity contribution is -0.116. The van der Waals surface area contributed by atoms with Crippen LogP contribution in [0.15, 0.2) is 18.2 Å². The van der Waals surface area contributed by atoms with Crippen molar-refractivity contribution in [2.45, 2.75) is 18.7 Å². The molecule has 5 heteroatoms. The van der Waals surface area contributed by atoms with E-state index in [1.54, 1.807) is 0 Å². The summed E-state index contributed by atoms with van der Waals surface area (Å²) in [7, 11) is 1.29. The van der Waals surface area contributed by atoms with Crippen LogP contribution in [0.4, 0.5) is 8.78 Å². The van der Waals surface area contributed by atoms with Gasteiger partial charge in [0.2, 0.25) is 0 Å². The van der Waals surface area contributed by atoms with Crippen LogP contribution in [0.2, 0.25) is 0 Å². The van der Waals surface area contributed by atoms with E-state index >= 15 is 0 Å². The Bertz CT molecular complexity index is 394. The van der Waals surface area contributed by atoms with Gasteiger partial charge in [-0.3, -0.25) is 4.79 Å². The molecule has 0 radical (unpaired) electrons. The van der Waals surface area contributed by atoms with Gasteiger partial charge in [-0.15, -0.1) is 11.6 Å². The summed E-state index contributed by atoms with van der Waals surface area (Å²) < 4.78 is 29.9. The molecule has 0 aliphatic carbocycles. The van der Waals surface area contributed by atoms with Crippen molar-refractivity contribution in [2.75, 3.05) is 7.11 Å². The molecule has 0 fully saturated rings. The molecule has 2 nitrogen and oxygen atoms in total. The zero-order chi connectivity index (χ0) is 12.3. The third kappa shape index (κ3) is 2.70. The fourth-order valence-electron chi connectivity index (χ4n) is 1.30. The number of hydrogen-bond donors (Lipinski definition) is 0. The summed E-state index contributed by atoms with van der Waals surface area (Å²) in [6.07, 6.45) is -2.62. The molecule has 0 spiro atoms. The van der Waals surface area contributed by atoms with Gasteiger partial charge in [0.25, 0.3) is 6.43 Å². The average molecular weight is 249 g/mol. The molecule has 1 aromatic carbocycles. The predicted octanol–water partition coefficient (Wildman–Crippen LogP) is 3.50. The standard InChI is InChI=1S/C11H11ClF2O2/c1-6(15)10(12)7-3-4-8(11(13)14)9(5-7)16-2/h3-5,10-11H,1-2H3. The Kier molecular flexibility index (Phi) is 4.24. The lowest BCUT2D eigenvalue weighted by Gasteiger charge is -2.11. The predicted molar refractivity (Wildman–Crippen MR) is 57.2 cm³/mol. The van der Waals surface area contributed by atoms with Crippen LogP contribution >= 0.6 is 11.6 Å². The summed E-state index contributed by atoms with van der Waals surface area (Å²) in [5, 5.41) is -0.833. The largest absolute Gasteiger partial charge is 0.496 e. The Morgan fingerprint density at radius 3 is 2.50 bits per heavy atom. The minimum absolute atomic E-state index is 0.0411. The maximum absolute atomic E-state index is 12.5. The molecule has 0 aromatic heterocycles. The van der Waals surface area contributed by atoms with E-state index in [2.05, 4.69) is 0 Å². The van der Waals surface area contributed by atoms with Crippen molar-refractivity contribution in [1.29, 1.82) is 0 Å². The Hall–Kier alpha value is -1.16. The number of Topliss-reactive ketones (excluding diaryl/α,β-unsaturated/α-hetero) is 1. The second-order valence-electron chi connectivity index (χ2n) is 3.28. The Balaban J connectivity index is 3.13. The van der Waals surface area contributed by atoms with Crippen LogP contribution in [-0.2, 0) is 4.79 Å². The summed E-state index contributed by atoms with van der Waals surface area (Å²) in [4.78, 5) is 11.0. The summed E-state index contributed by atoms with van der Waals surface area (Å²) >= 11 is 5.81. The number of benzene rings is 1. The van der Waals surface area contributed by atoms with Crippen molar-refractivity contribution in [3.8, 4) is 5.75 Å². The van der Waals surface area contributed by atoms with Crippen LogP contribution in [0.3, 0.4) is 0 Å². The van der Waals surface area contributed by atoms with Gasteiger partial charge in [-0.25, -0.2) is 8.78 Å². The first-order chi connectivity index (χ1) is 7.47. The molecule has 0 aliphatic rings. The van der Waals surface area contributed by atoms with Gasteiger partial charge in [0.05, 0.1) is 12.7 Å². The monoisotopic (exact) mass is 248 g/mol. The highest BCUT2D eigenvalue weighted by Crippen LogP contribution is 2.33. The molecule has 0 bridgehead atoms. The first-order valence-electron chi connectivity index (χ1n) is 4.58. The number of ether oxygens (including phenoxy) is 1. The van der Waals surface area contributed by atoms with Crippen molar-refractivity contribution >= 4 is 17.4 Å². The Labute approximate surface area is 97.2 Å².